The van der Waals surface area contributed by atoms with Gasteiger partial charge in [-0.3, -0.25) is 0 Å². The molecule has 0 aromatic carbocycles. The summed E-state index contributed by atoms with van der Waals surface area (Å²) in [4.78, 5) is 11.1. The smallest absolute Gasteiger partial charge is 0.218 e. The summed E-state index contributed by atoms with van der Waals surface area (Å²) in [5, 5.41) is 3.47. The van der Waals surface area contributed by atoms with E-state index in [2.05, 4.69) is 27.1 Å². The lowest BCUT2D eigenvalue weighted by molar-refractivity contribution is 0.376. The molecule has 1 aromatic rings. The normalized spacial score (nSPS) is 19.2. The van der Waals surface area contributed by atoms with Gasteiger partial charge in [-0.25, -0.2) is 4.98 Å². The Morgan fingerprint density at radius 2 is 2.32 bits per heavy atom. The molecule has 2 heterocycles. The molecule has 0 aliphatic carbocycles. The first-order valence-electron chi connectivity index (χ1n) is 7.08. The molecule has 2 rings (SSSR count). The zero-order valence-electron chi connectivity index (χ0n) is 12.1. The van der Waals surface area contributed by atoms with Gasteiger partial charge in [0.1, 0.15) is 11.6 Å². The summed E-state index contributed by atoms with van der Waals surface area (Å²) in [6.45, 7) is 8.34. The van der Waals surface area contributed by atoms with E-state index in [-0.39, 0.29) is 0 Å². The number of hydrogen-bond donors (Lipinski definition) is 1. The average molecular weight is 264 g/mol. The predicted octanol–water partition coefficient (Wildman–Crippen LogP) is 1.62. The molecule has 0 saturated carbocycles. The third-order valence-corrected chi connectivity index (χ3v) is 3.59. The highest BCUT2D eigenvalue weighted by molar-refractivity contribution is 5.41. The molecule has 0 bridgehead atoms. The number of methoxy groups -OCH3 is 1. The van der Waals surface area contributed by atoms with E-state index in [0.29, 0.717) is 11.8 Å². The number of nitrogens with zero attached hydrogens (tertiary/aromatic N) is 3. The Bertz CT molecular complexity index is 404. The van der Waals surface area contributed by atoms with Crippen molar-refractivity contribution >= 4 is 5.82 Å². The van der Waals surface area contributed by atoms with Crippen molar-refractivity contribution in [1.82, 2.24) is 15.3 Å². The van der Waals surface area contributed by atoms with E-state index in [1.807, 2.05) is 13.0 Å². The molecule has 0 radical (unpaired) electrons. The van der Waals surface area contributed by atoms with Crippen molar-refractivity contribution < 1.29 is 4.74 Å². The van der Waals surface area contributed by atoms with Crippen molar-refractivity contribution in [2.24, 2.45) is 5.92 Å². The summed E-state index contributed by atoms with van der Waals surface area (Å²) >= 11 is 0. The molecule has 1 N–H and O–H groups in total. The van der Waals surface area contributed by atoms with Gasteiger partial charge in [0, 0.05) is 19.2 Å². The predicted molar refractivity (Wildman–Crippen MR) is 76.8 cm³/mol. The molecule has 0 spiro atoms. The molecule has 1 unspecified atom stereocenters. The minimum atomic E-state index is 0.641. The van der Waals surface area contributed by atoms with Crippen molar-refractivity contribution in [3.05, 3.63) is 11.9 Å². The average Bonchev–Trinajstić information content (AvgIpc) is 2.45. The monoisotopic (exact) mass is 264 g/mol. The fourth-order valence-electron chi connectivity index (χ4n) is 2.57. The highest BCUT2D eigenvalue weighted by Gasteiger charge is 2.18. The van der Waals surface area contributed by atoms with Crippen LogP contribution in [0.15, 0.2) is 6.07 Å². The maximum atomic E-state index is 5.23. The van der Waals surface area contributed by atoms with Gasteiger partial charge in [0.2, 0.25) is 5.88 Å². The van der Waals surface area contributed by atoms with Crippen LogP contribution in [0.25, 0.3) is 0 Å². The number of nitrogens with one attached hydrogen (secondary N) is 1. The van der Waals surface area contributed by atoms with Crippen LogP contribution in [-0.2, 0) is 0 Å². The molecule has 1 aliphatic rings. The van der Waals surface area contributed by atoms with Gasteiger partial charge in [-0.2, -0.15) is 4.98 Å². The van der Waals surface area contributed by atoms with Crippen LogP contribution in [-0.4, -0.2) is 43.3 Å². The van der Waals surface area contributed by atoms with E-state index in [1.165, 1.54) is 12.8 Å². The quantitative estimate of drug-likeness (QED) is 0.876. The van der Waals surface area contributed by atoms with Crippen molar-refractivity contribution in [1.29, 1.82) is 0 Å². The molecule has 106 valence electrons. The van der Waals surface area contributed by atoms with Crippen LogP contribution >= 0.6 is 0 Å². The number of piperidine rings is 1. The lowest BCUT2D eigenvalue weighted by atomic mass is 9.99. The number of aromatic nitrogens is 2. The second-order valence-corrected chi connectivity index (χ2v) is 5.07. The molecule has 0 amide bonds. The number of ether oxygens (including phenoxy) is 1. The van der Waals surface area contributed by atoms with E-state index in [1.54, 1.807) is 7.11 Å². The van der Waals surface area contributed by atoms with Gasteiger partial charge in [0.25, 0.3) is 0 Å². The second kappa shape index (κ2) is 6.70. The van der Waals surface area contributed by atoms with Gasteiger partial charge >= 0.3 is 0 Å². The first kappa shape index (κ1) is 14.1. The topological polar surface area (TPSA) is 50.3 Å². The Kier molecular flexibility index (Phi) is 4.96. The van der Waals surface area contributed by atoms with Crippen molar-refractivity contribution in [2.75, 3.05) is 38.2 Å². The van der Waals surface area contributed by atoms with Crippen molar-refractivity contribution in [3.8, 4) is 5.88 Å². The first-order chi connectivity index (χ1) is 9.22. The lowest BCUT2D eigenvalue weighted by Crippen LogP contribution is -2.38. The van der Waals surface area contributed by atoms with Crippen LogP contribution in [0.5, 0.6) is 5.88 Å². The fraction of sp³-hybridized carbons (Fsp3) is 0.714. The van der Waals surface area contributed by atoms with Crippen LogP contribution in [0.3, 0.4) is 0 Å². The molecule has 1 atom stereocenters. The third-order valence-electron chi connectivity index (χ3n) is 3.59. The first-order valence-corrected chi connectivity index (χ1v) is 7.08. The molecular weight excluding hydrogens is 240 g/mol. The van der Waals surface area contributed by atoms with Crippen molar-refractivity contribution in [2.45, 2.75) is 26.7 Å². The number of aryl methyl sites for hydroxylation is 1. The Morgan fingerprint density at radius 3 is 2.95 bits per heavy atom. The van der Waals surface area contributed by atoms with Gasteiger partial charge in [-0.15, -0.1) is 0 Å². The summed E-state index contributed by atoms with van der Waals surface area (Å²) in [5.74, 6) is 3.07. The van der Waals surface area contributed by atoms with Crippen LogP contribution in [0.1, 0.15) is 25.6 Å². The highest BCUT2D eigenvalue weighted by atomic mass is 16.5. The molecule has 19 heavy (non-hydrogen) atoms. The van der Waals surface area contributed by atoms with E-state index >= 15 is 0 Å². The van der Waals surface area contributed by atoms with Gasteiger partial charge in [-0.1, -0.05) is 0 Å². The Balaban J connectivity index is 2.09. The summed E-state index contributed by atoms with van der Waals surface area (Å²) in [6.07, 6.45) is 2.57. The van der Waals surface area contributed by atoms with Gasteiger partial charge in [0.15, 0.2) is 0 Å². The molecule has 1 aliphatic heterocycles. The van der Waals surface area contributed by atoms with Crippen LogP contribution in [0.2, 0.25) is 0 Å². The van der Waals surface area contributed by atoms with Crippen LogP contribution in [0, 0.1) is 12.8 Å². The molecule has 1 fully saturated rings. The van der Waals surface area contributed by atoms with Gasteiger partial charge in [-0.05, 0) is 45.7 Å². The zero-order valence-corrected chi connectivity index (χ0v) is 12.1. The molecule has 5 nitrogen and oxygen atoms in total. The van der Waals surface area contributed by atoms with E-state index in [9.17, 15) is 0 Å². The maximum absolute atomic E-state index is 5.23. The summed E-state index contributed by atoms with van der Waals surface area (Å²) in [7, 11) is 1.65. The molecule has 1 aromatic heterocycles. The summed E-state index contributed by atoms with van der Waals surface area (Å²) in [6, 6.07) is 1.92. The van der Waals surface area contributed by atoms with Crippen LogP contribution < -0.4 is 15.0 Å². The van der Waals surface area contributed by atoms with Gasteiger partial charge in [0.05, 0.1) is 7.11 Å². The molecule has 5 heteroatoms. The standard InChI is InChI=1S/C14H24N4O/c1-4-18(10-12-6-5-7-15-9-12)13-8-14(19-3)17-11(2)16-13/h8,12,15H,4-7,9-10H2,1-3H3. The Hall–Kier alpha value is -1.36. The third kappa shape index (κ3) is 3.80. The number of rotatable bonds is 5. The fourth-order valence-corrected chi connectivity index (χ4v) is 2.57. The van der Waals surface area contributed by atoms with Crippen LogP contribution in [0.4, 0.5) is 5.82 Å². The number of anilines is 1. The second-order valence-electron chi connectivity index (χ2n) is 5.07. The highest BCUT2D eigenvalue weighted by Crippen LogP contribution is 2.20. The molecular formula is C14H24N4O. The largest absolute Gasteiger partial charge is 0.481 e. The number of hydrogen-bond acceptors (Lipinski definition) is 5. The minimum absolute atomic E-state index is 0.641. The summed E-state index contributed by atoms with van der Waals surface area (Å²) < 4.78 is 5.23. The minimum Gasteiger partial charge on any atom is -0.481 e. The lowest BCUT2D eigenvalue weighted by Gasteiger charge is -2.30. The van der Waals surface area contributed by atoms with E-state index in [0.717, 1.165) is 37.8 Å². The summed E-state index contributed by atoms with van der Waals surface area (Å²) in [5.41, 5.74) is 0. The maximum Gasteiger partial charge on any atom is 0.218 e. The Morgan fingerprint density at radius 1 is 1.47 bits per heavy atom. The Labute approximate surface area is 115 Å². The SMILES string of the molecule is CCN(CC1CCCNC1)c1cc(OC)nc(C)n1. The van der Waals surface area contributed by atoms with E-state index < -0.39 is 0 Å². The van der Waals surface area contributed by atoms with E-state index in [4.69, 9.17) is 4.74 Å². The van der Waals surface area contributed by atoms with Gasteiger partial charge < -0.3 is 15.0 Å². The van der Waals surface area contributed by atoms with Crippen molar-refractivity contribution in [3.63, 3.8) is 0 Å². The molecule has 1 saturated heterocycles. The zero-order chi connectivity index (χ0) is 13.7.